The molecular weight excluding hydrogens is 966 g/mol. The molecule has 7 rings (SSSR count). The summed E-state index contributed by atoms with van der Waals surface area (Å²) in [5, 5.41) is 12.3. The van der Waals surface area contributed by atoms with E-state index in [9.17, 15) is 27.6 Å². The minimum absolute atomic E-state index is 0. The number of aryl methyl sites for hydroxylation is 2. The van der Waals surface area contributed by atoms with Crippen LogP contribution in [-0.4, -0.2) is 115 Å². The molecule has 0 saturated heterocycles. The Morgan fingerprint density at radius 1 is 0.685 bits per heavy atom. The molecule has 0 aromatic heterocycles. The standard InChI is InChI=1S/C28H41N3O5S.C14H20N2O.C9H9NO2.C5H11N.ClH/c1-21-16-26(35-5)17-22(2)28(21)37(33,34)31(4)14-15-36-20-27(32)30(3)19-24-12-10-23(11-13-24)18-29-25-8-6-7-9-25;1-15-14(17)12-8-6-11(7-9-12)10-16-13-4-2-3-5-13;1-10-9(12)8-4-2-7(6-11)3-5-8;6-5-3-1-2-4-5;/h10-13,16-17,25,29H,6-9,14-15,18-20H2,1-5H3;6-9,13,16H,2-5,10H2,1H3,(H,15,17);2-6H,1H3,(H,10,12);5H,1-4,6H2;1H. The van der Waals surface area contributed by atoms with Crippen molar-refractivity contribution in [2.45, 2.75) is 134 Å². The number of aldehydes is 1. The van der Waals surface area contributed by atoms with E-state index in [0.717, 1.165) is 30.5 Å². The zero-order valence-corrected chi connectivity index (χ0v) is 45.8. The van der Waals surface area contributed by atoms with E-state index >= 15 is 0 Å². The second-order valence-corrected chi connectivity index (χ2v) is 20.9. The number of sulfonamides is 1. The van der Waals surface area contributed by atoms with Crippen molar-refractivity contribution in [3.05, 3.63) is 129 Å². The maximum atomic E-state index is 13.1. The first-order valence-electron chi connectivity index (χ1n) is 25.4. The van der Waals surface area contributed by atoms with Gasteiger partial charge in [0, 0.05) is 89.2 Å². The van der Waals surface area contributed by atoms with Gasteiger partial charge in [-0.2, -0.15) is 4.31 Å². The molecule has 0 unspecified atom stereocenters. The van der Waals surface area contributed by atoms with Gasteiger partial charge in [-0.15, -0.1) is 12.4 Å². The van der Waals surface area contributed by atoms with Gasteiger partial charge in [-0.25, -0.2) is 8.42 Å². The largest absolute Gasteiger partial charge is 0.497 e. The first-order chi connectivity index (χ1) is 34.6. The van der Waals surface area contributed by atoms with Crippen LogP contribution in [0.1, 0.15) is 136 Å². The highest BCUT2D eigenvalue weighted by molar-refractivity contribution is 7.89. The van der Waals surface area contributed by atoms with Gasteiger partial charge in [0.15, 0.2) is 0 Å². The number of carbonyl (C=O) groups excluding carboxylic acids is 4. The molecular formula is C56H82ClN7O8S. The van der Waals surface area contributed by atoms with Crippen LogP contribution in [0.2, 0.25) is 0 Å². The molecule has 3 amide bonds. The summed E-state index contributed by atoms with van der Waals surface area (Å²) in [5.41, 5.74) is 12.2. The highest BCUT2D eigenvalue weighted by Crippen LogP contribution is 2.28. The van der Waals surface area contributed by atoms with E-state index in [1.807, 2.05) is 24.3 Å². The first kappa shape index (κ1) is 62.1. The number of halogens is 1. The normalized spacial score (nSPS) is 14.6. The highest BCUT2D eigenvalue weighted by Gasteiger charge is 2.26. The Kier molecular flexibility index (Phi) is 28.0. The van der Waals surface area contributed by atoms with Crippen LogP contribution < -0.4 is 31.7 Å². The third-order valence-electron chi connectivity index (χ3n) is 13.3. The second kappa shape index (κ2) is 32.9. The predicted octanol–water partition coefficient (Wildman–Crippen LogP) is 7.89. The molecule has 3 fully saturated rings. The maximum absolute atomic E-state index is 13.1. The van der Waals surface area contributed by atoms with Gasteiger partial charge in [-0.3, -0.25) is 19.2 Å². The fraction of sp³-hybridized carbons (Fsp3) is 0.500. The minimum Gasteiger partial charge on any atom is -0.497 e. The zero-order chi connectivity index (χ0) is 52.5. The van der Waals surface area contributed by atoms with Crippen LogP contribution >= 0.6 is 12.4 Å². The summed E-state index contributed by atoms with van der Waals surface area (Å²) in [7, 11) is 4.33. The third kappa shape index (κ3) is 21.3. The van der Waals surface area contributed by atoms with Crippen LogP contribution in [0.15, 0.2) is 89.8 Å². The van der Waals surface area contributed by atoms with Crippen molar-refractivity contribution >= 4 is 46.4 Å². The van der Waals surface area contributed by atoms with E-state index < -0.39 is 10.0 Å². The predicted molar refractivity (Wildman–Crippen MR) is 293 cm³/mol. The Labute approximate surface area is 441 Å². The lowest BCUT2D eigenvalue weighted by atomic mass is 10.1. The van der Waals surface area contributed by atoms with E-state index in [4.69, 9.17) is 15.2 Å². The van der Waals surface area contributed by atoms with Gasteiger partial charge >= 0.3 is 0 Å². The van der Waals surface area contributed by atoms with E-state index in [2.05, 4.69) is 45.5 Å². The van der Waals surface area contributed by atoms with Gasteiger partial charge in [0.05, 0.1) is 18.6 Å². The van der Waals surface area contributed by atoms with E-state index in [0.29, 0.717) is 52.7 Å². The molecule has 3 aliphatic rings. The number of methoxy groups -OCH3 is 1. The quantitative estimate of drug-likeness (QED) is 0.0452. The molecule has 0 atom stereocenters. The monoisotopic (exact) mass is 1050 g/mol. The van der Waals surface area contributed by atoms with Crippen molar-refractivity contribution in [3.63, 3.8) is 0 Å². The van der Waals surface area contributed by atoms with Crippen molar-refractivity contribution in [2.75, 3.05) is 55.1 Å². The lowest BCUT2D eigenvalue weighted by Crippen LogP contribution is -2.33. The molecule has 0 spiro atoms. The summed E-state index contributed by atoms with van der Waals surface area (Å²) in [6, 6.07) is 27.9. The van der Waals surface area contributed by atoms with Crippen molar-refractivity contribution in [1.82, 2.24) is 30.5 Å². The van der Waals surface area contributed by atoms with Crippen LogP contribution in [0, 0.1) is 13.8 Å². The molecule has 4 aromatic carbocycles. The molecule has 6 N–H and O–H groups in total. The molecule has 3 aliphatic carbocycles. The Morgan fingerprint density at radius 2 is 1.11 bits per heavy atom. The van der Waals surface area contributed by atoms with Gasteiger partial charge in [-0.05, 0) is 117 Å². The molecule has 3 saturated carbocycles. The van der Waals surface area contributed by atoms with Crippen molar-refractivity contribution in [1.29, 1.82) is 0 Å². The summed E-state index contributed by atoms with van der Waals surface area (Å²) in [6.07, 6.45) is 16.5. The Bertz CT molecular complexity index is 2370. The van der Waals surface area contributed by atoms with E-state index in [1.54, 1.807) is 83.4 Å². The van der Waals surface area contributed by atoms with Crippen LogP contribution in [0.25, 0.3) is 0 Å². The lowest BCUT2D eigenvalue weighted by Gasteiger charge is -2.21. The van der Waals surface area contributed by atoms with Gasteiger partial charge < -0.3 is 41.4 Å². The molecule has 402 valence electrons. The van der Waals surface area contributed by atoms with Gasteiger partial charge in [-0.1, -0.05) is 87.1 Å². The average molecular weight is 1050 g/mol. The maximum Gasteiger partial charge on any atom is 0.251 e. The van der Waals surface area contributed by atoms with Crippen molar-refractivity contribution in [2.24, 2.45) is 5.73 Å². The van der Waals surface area contributed by atoms with Crippen molar-refractivity contribution < 1.29 is 37.1 Å². The van der Waals surface area contributed by atoms with Gasteiger partial charge in [0.2, 0.25) is 15.9 Å². The molecule has 0 bridgehead atoms. The first-order valence-corrected chi connectivity index (χ1v) is 26.8. The van der Waals surface area contributed by atoms with Crippen LogP contribution in [-0.2, 0) is 39.2 Å². The second-order valence-electron chi connectivity index (χ2n) is 18.9. The number of ether oxygens (including phenoxy) is 2. The van der Waals surface area contributed by atoms with Gasteiger partial charge in [0.25, 0.3) is 11.8 Å². The molecule has 4 aromatic rings. The third-order valence-corrected chi connectivity index (χ3v) is 15.4. The average Bonchev–Trinajstić information content (AvgIpc) is 4.23. The number of benzene rings is 4. The number of likely N-dealkylation sites (N-methyl/N-ethyl adjacent to an activating group) is 2. The SMILES string of the molecule is CNC(=O)c1ccc(C=O)cc1.CNC(=O)c1ccc(CNC2CCCC2)cc1.COc1cc(C)c(S(=O)(=O)N(C)CCOCC(=O)N(C)Cc2ccc(CNC3CCCC3)cc2)c(C)c1.Cl.NC1CCCC1. The molecule has 17 heteroatoms. The molecule has 0 aliphatic heterocycles. The summed E-state index contributed by atoms with van der Waals surface area (Å²) >= 11 is 0. The number of rotatable bonds is 19. The minimum atomic E-state index is -3.70. The Balaban J connectivity index is 0.000000317. The lowest BCUT2D eigenvalue weighted by molar-refractivity contribution is -0.135. The number of nitrogens with one attached hydrogen (secondary N) is 4. The summed E-state index contributed by atoms with van der Waals surface area (Å²) in [4.78, 5) is 47.1. The van der Waals surface area contributed by atoms with Crippen LogP contribution in [0.3, 0.4) is 0 Å². The fourth-order valence-corrected chi connectivity index (χ4v) is 10.4. The number of amides is 3. The molecule has 15 nitrogen and oxygen atoms in total. The van der Waals surface area contributed by atoms with Crippen molar-refractivity contribution in [3.8, 4) is 5.75 Å². The number of nitrogens with zero attached hydrogens (tertiary/aromatic N) is 2. The van der Waals surface area contributed by atoms with Crippen LogP contribution in [0.5, 0.6) is 5.75 Å². The van der Waals surface area contributed by atoms with E-state index in [1.165, 1.54) is 99.5 Å². The molecule has 0 heterocycles. The Morgan fingerprint density at radius 3 is 1.52 bits per heavy atom. The van der Waals surface area contributed by atoms with E-state index in [-0.39, 0.29) is 54.8 Å². The zero-order valence-electron chi connectivity index (χ0n) is 44.2. The summed E-state index contributed by atoms with van der Waals surface area (Å²) in [5.74, 6) is 0.293. The smallest absolute Gasteiger partial charge is 0.251 e. The van der Waals surface area contributed by atoms with Crippen LogP contribution in [0.4, 0.5) is 0 Å². The van der Waals surface area contributed by atoms with Gasteiger partial charge in [0.1, 0.15) is 18.6 Å². The molecule has 0 radical (unpaired) electrons. The highest BCUT2D eigenvalue weighted by atomic mass is 35.5. The number of carbonyl (C=O) groups is 4. The summed E-state index contributed by atoms with van der Waals surface area (Å²) < 4.78 is 38.2. The Hall–Kier alpha value is -5.20. The number of hydrogen-bond donors (Lipinski definition) is 5. The fourth-order valence-electron chi connectivity index (χ4n) is 8.82. The number of hydrogen-bond acceptors (Lipinski definition) is 11. The molecule has 73 heavy (non-hydrogen) atoms. The topological polar surface area (TPSA) is 202 Å². The summed E-state index contributed by atoms with van der Waals surface area (Å²) in [6.45, 7) is 5.92. The number of nitrogens with two attached hydrogens (primary N) is 1.